The Bertz CT molecular complexity index is 532. The number of hydrogen-bond donors (Lipinski definition) is 0. The van der Waals surface area contributed by atoms with Gasteiger partial charge in [0, 0.05) is 12.4 Å². The predicted molar refractivity (Wildman–Crippen MR) is 59.4 cm³/mol. The molecule has 1 heterocycles. The summed E-state index contributed by atoms with van der Waals surface area (Å²) in [6.45, 7) is 2.15. The van der Waals surface area contributed by atoms with E-state index in [0.717, 1.165) is 23.7 Å². The highest BCUT2D eigenvalue weighted by Gasteiger charge is 2.07. The quantitative estimate of drug-likeness (QED) is 0.745. The molecule has 0 aliphatic rings. The van der Waals surface area contributed by atoms with E-state index in [-0.39, 0.29) is 0 Å². The first-order chi connectivity index (χ1) is 7.26. The van der Waals surface area contributed by atoms with Crippen molar-refractivity contribution in [1.29, 1.82) is 5.26 Å². The molecule has 0 fully saturated rings. The average molecular weight is 199 g/mol. The summed E-state index contributed by atoms with van der Waals surface area (Å²) in [6, 6.07) is 8.34. The molecule has 0 spiro atoms. The lowest BCUT2D eigenvalue weighted by atomic mass is 10.1. The zero-order valence-electron chi connectivity index (χ0n) is 8.99. The molecule has 2 aromatic rings. The predicted octanol–water partition coefficient (Wildman–Crippen LogP) is 2.40. The molecule has 0 atom stereocenters. The summed E-state index contributed by atoms with van der Waals surface area (Å²) in [7, 11) is 1.86. The van der Waals surface area contributed by atoms with E-state index in [4.69, 9.17) is 5.26 Å². The van der Waals surface area contributed by atoms with Crippen LogP contribution in [0.4, 0.5) is 0 Å². The molecule has 2 rings (SSSR count). The van der Waals surface area contributed by atoms with Crippen molar-refractivity contribution in [2.75, 3.05) is 0 Å². The number of nitrogens with zero attached hydrogens (tertiary/aromatic N) is 3. The summed E-state index contributed by atoms with van der Waals surface area (Å²) in [6.07, 6.45) is 2.17. The molecule has 0 saturated heterocycles. The first kappa shape index (κ1) is 9.72. The largest absolute Gasteiger partial charge is 0.267 e. The Kier molecular flexibility index (Phi) is 2.42. The molecule has 0 aliphatic carbocycles. The fourth-order valence-corrected chi connectivity index (χ4v) is 1.84. The van der Waals surface area contributed by atoms with Crippen molar-refractivity contribution in [3.8, 4) is 6.07 Å². The van der Waals surface area contributed by atoms with Gasteiger partial charge < -0.3 is 0 Å². The van der Waals surface area contributed by atoms with Gasteiger partial charge in [-0.05, 0) is 24.1 Å². The van der Waals surface area contributed by atoms with E-state index in [1.54, 1.807) is 4.68 Å². The van der Waals surface area contributed by atoms with Crippen molar-refractivity contribution >= 4 is 10.9 Å². The molecule has 1 aromatic carbocycles. The summed E-state index contributed by atoms with van der Waals surface area (Å²) < 4.78 is 1.75. The third-order valence-corrected chi connectivity index (χ3v) is 2.56. The van der Waals surface area contributed by atoms with Crippen LogP contribution in [-0.4, -0.2) is 9.78 Å². The lowest BCUT2D eigenvalue weighted by Crippen LogP contribution is -1.89. The van der Waals surface area contributed by atoms with Gasteiger partial charge in [-0.15, -0.1) is 0 Å². The Labute approximate surface area is 88.9 Å². The van der Waals surface area contributed by atoms with Crippen LogP contribution in [0.5, 0.6) is 0 Å². The Morgan fingerprint density at radius 2 is 2.27 bits per heavy atom. The molecule has 0 bridgehead atoms. The molecule has 0 amide bonds. The van der Waals surface area contributed by atoms with Crippen molar-refractivity contribution < 1.29 is 0 Å². The molecule has 76 valence electrons. The van der Waals surface area contributed by atoms with Crippen LogP contribution in [-0.2, 0) is 13.5 Å². The van der Waals surface area contributed by atoms with Crippen LogP contribution in [0.2, 0.25) is 0 Å². The first-order valence-corrected chi connectivity index (χ1v) is 5.12. The molecule has 0 radical (unpaired) electrons. The maximum Gasteiger partial charge on any atom is 0.170 e. The Balaban J connectivity index is 2.64. The maximum absolute atomic E-state index is 8.94. The normalized spacial score (nSPS) is 10.5. The first-order valence-electron chi connectivity index (χ1n) is 5.12. The summed E-state index contributed by atoms with van der Waals surface area (Å²) in [5.41, 5.74) is 2.81. The fourth-order valence-electron chi connectivity index (χ4n) is 1.84. The topological polar surface area (TPSA) is 41.6 Å². The summed E-state index contributed by atoms with van der Waals surface area (Å²) in [5.74, 6) is 0. The molecule has 0 N–H and O–H groups in total. The lowest BCUT2D eigenvalue weighted by Gasteiger charge is -1.99. The van der Waals surface area contributed by atoms with Gasteiger partial charge in [-0.25, -0.2) is 0 Å². The van der Waals surface area contributed by atoms with Crippen LogP contribution >= 0.6 is 0 Å². The van der Waals surface area contributed by atoms with Crippen molar-refractivity contribution in [2.24, 2.45) is 7.05 Å². The second kappa shape index (κ2) is 3.74. The zero-order chi connectivity index (χ0) is 10.8. The SMILES string of the molecule is CCCc1ccc2c(c1)c(C#N)nn2C. The van der Waals surface area contributed by atoms with Gasteiger partial charge in [0.2, 0.25) is 0 Å². The molecule has 15 heavy (non-hydrogen) atoms. The van der Waals surface area contributed by atoms with Crippen LogP contribution in [0.3, 0.4) is 0 Å². The van der Waals surface area contributed by atoms with E-state index in [2.05, 4.69) is 30.2 Å². The molecule has 0 saturated carbocycles. The third-order valence-electron chi connectivity index (χ3n) is 2.56. The van der Waals surface area contributed by atoms with E-state index in [0.29, 0.717) is 5.69 Å². The zero-order valence-corrected chi connectivity index (χ0v) is 8.99. The van der Waals surface area contributed by atoms with E-state index in [1.165, 1.54) is 5.56 Å². The van der Waals surface area contributed by atoms with E-state index in [1.807, 2.05) is 13.1 Å². The number of nitriles is 1. The van der Waals surface area contributed by atoms with Gasteiger partial charge in [-0.2, -0.15) is 10.4 Å². The van der Waals surface area contributed by atoms with Crippen LogP contribution in [0, 0.1) is 11.3 Å². The van der Waals surface area contributed by atoms with E-state index < -0.39 is 0 Å². The minimum Gasteiger partial charge on any atom is -0.267 e. The summed E-state index contributed by atoms with van der Waals surface area (Å²) >= 11 is 0. The smallest absolute Gasteiger partial charge is 0.170 e. The van der Waals surface area contributed by atoms with Crippen molar-refractivity contribution in [1.82, 2.24) is 9.78 Å². The second-order valence-electron chi connectivity index (χ2n) is 3.69. The molecule has 0 aliphatic heterocycles. The van der Waals surface area contributed by atoms with Crippen molar-refractivity contribution in [2.45, 2.75) is 19.8 Å². The van der Waals surface area contributed by atoms with E-state index >= 15 is 0 Å². The van der Waals surface area contributed by atoms with Crippen LogP contribution < -0.4 is 0 Å². The van der Waals surface area contributed by atoms with Crippen LogP contribution in [0.1, 0.15) is 24.6 Å². The Morgan fingerprint density at radius 1 is 1.47 bits per heavy atom. The molecule has 0 unspecified atom stereocenters. The fraction of sp³-hybridized carbons (Fsp3) is 0.333. The Morgan fingerprint density at radius 3 is 2.93 bits per heavy atom. The standard InChI is InChI=1S/C12H13N3/c1-3-4-9-5-6-12-10(7-9)11(8-13)14-15(12)2/h5-7H,3-4H2,1-2H3. The minimum atomic E-state index is 0.519. The highest BCUT2D eigenvalue weighted by atomic mass is 15.3. The monoisotopic (exact) mass is 199 g/mol. The third kappa shape index (κ3) is 1.59. The number of rotatable bonds is 2. The van der Waals surface area contributed by atoms with Gasteiger partial charge >= 0.3 is 0 Å². The van der Waals surface area contributed by atoms with Crippen molar-refractivity contribution in [3.05, 3.63) is 29.5 Å². The Hall–Kier alpha value is -1.82. The lowest BCUT2D eigenvalue weighted by molar-refractivity contribution is 0.791. The summed E-state index contributed by atoms with van der Waals surface area (Å²) in [5, 5.41) is 14.1. The number of aryl methyl sites for hydroxylation is 2. The molecular weight excluding hydrogens is 186 g/mol. The van der Waals surface area contributed by atoms with Gasteiger partial charge in [0.05, 0.1) is 5.52 Å². The van der Waals surface area contributed by atoms with Gasteiger partial charge in [-0.3, -0.25) is 4.68 Å². The highest BCUT2D eigenvalue weighted by molar-refractivity contribution is 5.84. The minimum absolute atomic E-state index is 0.519. The molecular formula is C12H13N3. The number of benzene rings is 1. The highest BCUT2D eigenvalue weighted by Crippen LogP contribution is 2.19. The average Bonchev–Trinajstić information content (AvgIpc) is 2.56. The van der Waals surface area contributed by atoms with Gasteiger partial charge in [0.15, 0.2) is 5.69 Å². The van der Waals surface area contributed by atoms with Crippen molar-refractivity contribution in [3.63, 3.8) is 0 Å². The van der Waals surface area contributed by atoms with Gasteiger partial charge in [0.25, 0.3) is 0 Å². The van der Waals surface area contributed by atoms with E-state index in [9.17, 15) is 0 Å². The van der Waals surface area contributed by atoms with Crippen LogP contribution in [0.15, 0.2) is 18.2 Å². The molecule has 1 aromatic heterocycles. The van der Waals surface area contributed by atoms with Gasteiger partial charge in [0.1, 0.15) is 6.07 Å². The maximum atomic E-state index is 8.94. The second-order valence-corrected chi connectivity index (χ2v) is 3.69. The molecule has 3 heteroatoms. The number of fused-ring (bicyclic) bond motifs is 1. The summed E-state index contributed by atoms with van der Waals surface area (Å²) in [4.78, 5) is 0. The molecule has 3 nitrogen and oxygen atoms in total. The van der Waals surface area contributed by atoms with Crippen LogP contribution in [0.25, 0.3) is 10.9 Å². The number of hydrogen-bond acceptors (Lipinski definition) is 2. The number of aromatic nitrogens is 2. The van der Waals surface area contributed by atoms with Gasteiger partial charge in [-0.1, -0.05) is 19.4 Å².